The van der Waals surface area contributed by atoms with Gasteiger partial charge in [0.2, 0.25) is 0 Å². The molecule has 7 heteroatoms. The number of aromatic hydroxyl groups is 1. The number of phenolic OH excluding ortho intramolecular Hbond substituents is 1. The summed E-state index contributed by atoms with van der Waals surface area (Å²) in [6.45, 7) is 7.63. The molecule has 0 aliphatic carbocycles. The van der Waals surface area contributed by atoms with Crippen LogP contribution in [0.2, 0.25) is 0 Å². The summed E-state index contributed by atoms with van der Waals surface area (Å²) >= 11 is 0. The second-order valence-electron chi connectivity index (χ2n) is 6.34. The number of esters is 1. The number of ether oxygens (including phenoxy) is 1. The predicted octanol–water partition coefficient (Wildman–Crippen LogP) is 3.96. The Hall–Kier alpha value is -3.79. The molecule has 2 aromatic carbocycles. The summed E-state index contributed by atoms with van der Waals surface area (Å²) in [7, 11) is 0. The summed E-state index contributed by atoms with van der Waals surface area (Å²) in [5.41, 5.74) is 1.87. The van der Waals surface area contributed by atoms with E-state index < -0.39 is 11.9 Å². The van der Waals surface area contributed by atoms with Gasteiger partial charge in [0.05, 0.1) is 12.2 Å². The zero-order valence-electron chi connectivity index (χ0n) is 17.3. The molecule has 156 valence electrons. The van der Waals surface area contributed by atoms with Gasteiger partial charge < -0.3 is 20.1 Å². The number of anilines is 2. The molecule has 2 N–H and O–H groups in total. The van der Waals surface area contributed by atoms with E-state index in [0.717, 1.165) is 18.8 Å². The minimum atomic E-state index is -0.617. The van der Waals surface area contributed by atoms with Crippen LogP contribution < -0.4 is 10.2 Å². The number of phenols is 1. The highest BCUT2D eigenvalue weighted by atomic mass is 16.5. The molecular formula is C23H25N3O4. The van der Waals surface area contributed by atoms with Crippen LogP contribution in [0, 0.1) is 11.3 Å². The van der Waals surface area contributed by atoms with Crippen LogP contribution in [0.25, 0.3) is 6.08 Å². The van der Waals surface area contributed by atoms with E-state index in [4.69, 9.17) is 4.74 Å². The molecule has 0 unspecified atom stereocenters. The van der Waals surface area contributed by atoms with Gasteiger partial charge in [-0.05, 0) is 63.2 Å². The van der Waals surface area contributed by atoms with Crippen molar-refractivity contribution >= 4 is 29.3 Å². The van der Waals surface area contributed by atoms with E-state index in [1.54, 1.807) is 31.2 Å². The smallest absolute Gasteiger partial charge is 0.338 e. The molecule has 1 amide bonds. The first-order valence-electron chi connectivity index (χ1n) is 9.71. The topological polar surface area (TPSA) is 103 Å². The van der Waals surface area contributed by atoms with Crippen molar-refractivity contribution in [2.45, 2.75) is 20.8 Å². The molecule has 0 aliphatic heterocycles. The van der Waals surface area contributed by atoms with Crippen LogP contribution in [0.15, 0.2) is 48.0 Å². The summed E-state index contributed by atoms with van der Waals surface area (Å²) in [5, 5.41) is 22.3. The molecule has 0 aliphatic rings. The molecule has 0 atom stereocenters. The fraction of sp³-hybridized carbons (Fsp3) is 0.261. The fourth-order valence-corrected chi connectivity index (χ4v) is 2.85. The van der Waals surface area contributed by atoms with E-state index in [-0.39, 0.29) is 17.9 Å². The van der Waals surface area contributed by atoms with E-state index in [2.05, 4.69) is 10.2 Å². The highest BCUT2D eigenvalue weighted by Gasteiger charge is 2.13. The summed E-state index contributed by atoms with van der Waals surface area (Å²) in [4.78, 5) is 26.2. The third kappa shape index (κ3) is 5.61. The molecule has 0 spiro atoms. The van der Waals surface area contributed by atoms with Gasteiger partial charge in [-0.3, -0.25) is 4.79 Å². The lowest BCUT2D eigenvalue weighted by atomic mass is 10.1. The van der Waals surface area contributed by atoms with E-state index in [9.17, 15) is 20.0 Å². The summed E-state index contributed by atoms with van der Waals surface area (Å²) in [6, 6.07) is 13.1. The number of amides is 1. The van der Waals surface area contributed by atoms with E-state index >= 15 is 0 Å². The monoisotopic (exact) mass is 407 g/mol. The minimum absolute atomic E-state index is 0.0151. The normalized spacial score (nSPS) is 10.8. The number of nitrogens with zero attached hydrogens (tertiary/aromatic N) is 2. The molecule has 7 nitrogen and oxygen atoms in total. The van der Waals surface area contributed by atoms with E-state index in [1.807, 2.05) is 26.0 Å². The number of carbonyl (C=O) groups is 2. The Bertz CT molecular complexity index is 971. The molecule has 0 bridgehead atoms. The van der Waals surface area contributed by atoms with Gasteiger partial charge in [-0.2, -0.15) is 5.26 Å². The first-order chi connectivity index (χ1) is 14.4. The van der Waals surface area contributed by atoms with Crippen LogP contribution in [0.1, 0.15) is 36.7 Å². The van der Waals surface area contributed by atoms with Crippen molar-refractivity contribution in [3.05, 3.63) is 59.2 Å². The van der Waals surface area contributed by atoms with Crippen molar-refractivity contribution in [3.8, 4) is 11.8 Å². The van der Waals surface area contributed by atoms with E-state index in [0.29, 0.717) is 16.8 Å². The second kappa shape index (κ2) is 10.7. The van der Waals surface area contributed by atoms with Crippen LogP contribution in [0.5, 0.6) is 5.75 Å². The van der Waals surface area contributed by atoms with Crippen LogP contribution in [0.4, 0.5) is 11.4 Å². The Kier molecular flexibility index (Phi) is 8.00. The Morgan fingerprint density at radius 2 is 1.80 bits per heavy atom. The highest BCUT2D eigenvalue weighted by Crippen LogP contribution is 2.26. The number of benzene rings is 2. The SMILES string of the molecule is CCOC(=O)c1ccc(NC(=O)/C(C#N)=C/c2ccc(N(CC)CC)cc2O)cc1. The Balaban J connectivity index is 2.17. The van der Waals surface area contributed by atoms with Gasteiger partial charge in [-0.1, -0.05) is 0 Å². The molecule has 0 aromatic heterocycles. The van der Waals surface area contributed by atoms with Crippen LogP contribution in [-0.4, -0.2) is 36.7 Å². The quantitative estimate of drug-likeness (QED) is 0.390. The predicted molar refractivity (Wildman–Crippen MR) is 116 cm³/mol. The lowest BCUT2D eigenvalue weighted by Gasteiger charge is -2.21. The molecule has 0 radical (unpaired) electrons. The number of hydrogen-bond donors (Lipinski definition) is 2. The van der Waals surface area contributed by atoms with Gasteiger partial charge >= 0.3 is 5.97 Å². The molecular weight excluding hydrogens is 382 g/mol. The molecule has 2 rings (SSSR count). The van der Waals surface area contributed by atoms with Crippen LogP contribution >= 0.6 is 0 Å². The zero-order chi connectivity index (χ0) is 22.1. The third-order valence-electron chi connectivity index (χ3n) is 4.46. The van der Waals surface area contributed by atoms with Gasteiger partial charge in [0, 0.05) is 36.1 Å². The van der Waals surface area contributed by atoms with Crippen LogP contribution in [-0.2, 0) is 9.53 Å². The van der Waals surface area contributed by atoms with Crippen molar-refractivity contribution in [1.82, 2.24) is 0 Å². The van der Waals surface area contributed by atoms with Crippen molar-refractivity contribution in [2.24, 2.45) is 0 Å². The molecule has 0 saturated carbocycles. The van der Waals surface area contributed by atoms with Gasteiger partial charge in [0.1, 0.15) is 17.4 Å². The maximum absolute atomic E-state index is 12.5. The molecule has 0 fully saturated rings. The van der Waals surface area contributed by atoms with Crippen molar-refractivity contribution in [1.29, 1.82) is 5.26 Å². The number of rotatable bonds is 8. The fourth-order valence-electron chi connectivity index (χ4n) is 2.85. The van der Waals surface area contributed by atoms with Crippen molar-refractivity contribution in [3.63, 3.8) is 0 Å². The van der Waals surface area contributed by atoms with Gasteiger partial charge in [0.25, 0.3) is 5.91 Å². The number of hydrogen-bond acceptors (Lipinski definition) is 6. The summed E-state index contributed by atoms with van der Waals surface area (Å²) in [6.07, 6.45) is 1.34. The lowest BCUT2D eigenvalue weighted by molar-refractivity contribution is -0.112. The van der Waals surface area contributed by atoms with Gasteiger partial charge in [-0.25, -0.2) is 4.79 Å². The first kappa shape index (κ1) is 22.5. The number of nitrogens with one attached hydrogen (secondary N) is 1. The third-order valence-corrected chi connectivity index (χ3v) is 4.46. The first-order valence-corrected chi connectivity index (χ1v) is 9.71. The Labute approximate surface area is 176 Å². The molecule has 2 aromatic rings. The second-order valence-corrected chi connectivity index (χ2v) is 6.34. The van der Waals surface area contributed by atoms with E-state index in [1.165, 1.54) is 18.2 Å². The van der Waals surface area contributed by atoms with Crippen molar-refractivity contribution < 1.29 is 19.4 Å². The average molecular weight is 407 g/mol. The minimum Gasteiger partial charge on any atom is -0.507 e. The summed E-state index contributed by atoms with van der Waals surface area (Å²) < 4.78 is 4.91. The zero-order valence-corrected chi connectivity index (χ0v) is 17.3. The number of nitriles is 1. The Morgan fingerprint density at radius 3 is 2.33 bits per heavy atom. The lowest BCUT2D eigenvalue weighted by Crippen LogP contribution is -2.21. The Morgan fingerprint density at radius 1 is 1.13 bits per heavy atom. The average Bonchev–Trinajstić information content (AvgIpc) is 2.74. The van der Waals surface area contributed by atoms with Gasteiger partial charge in [-0.15, -0.1) is 0 Å². The maximum atomic E-state index is 12.5. The summed E-state index contributed by atoms with van der Waals surface area (Å²) in [5.74, 6) is -1.08. The molecule has 30 heavy (non-hydrogen) atoms. The standard InChI is InChI=1S/C23H25N3O4/c1-4-26(5-2)20-12-9-17(21(27)14-20)13-18(15-24)22(28)25-19-10-7-16(8-11-19)23(29)30-6-3/h7-14,27H,4-6H2,1-3H3,(H,25,28)/b18-13+. The maximum Gasteiger partial charge on any atom is 0.338 e. The van der Waals surface area contributed by atoms with Gasteiger partial charge in [0.15, 0.2) is 0 Å². The number of carbonyl (C=O) groups excluding carboxylic acids is 2. The van der Waals surface area contributed by atoms with Crippen LogP contribution in [0.3, 0.4) is 0 Å². The molecule has 0 saturated heterocycles. The van der Waals surface area contributed by atoms with Crippen molar-refractivity contribution in [2.75, 3.05) is 29.9 Å². The molecule has 0 heterocycles. The largest absolute Gasteiger partial charge is 0.507 e. The highest BCUT2D eigenvalue weighted by molar-refractivity contribution is 6.10.